The van der Waals surface area contributed by atoms with Gasteiger partial charge in [-0.1, -0.05) is 23.2 Å². The Morgan fingerprint density at radius 2 is 1.71 bits per heavy atom. The number of rotatable bonds is 9. The summed E-state index contributed by atoms with van der Waals surface area (Å²) >= 11 is 11.9. The molecule has 130 valence electrons. The van der Waals surface area contributed by atoms with Crippen molar-refractivity contribution in [3.8, 4) is 17.2 Å². The molecule has 24 heavy (non-hydrogen) atoms. The minimum Gasteiger partial charge on any atom is -0.497 e. The molecule has 0 heterocycles. The molecule has 0 radical (unpaired) electrons. The standard InChI is InChI=1S/C18H21Cl2NO3/c1-22-14-6-8-18(23-2)16(12-14)21-9-3-4-10-24-17-7-5-13(19)11-15(17)20/h5-8,11-12,21H,3-4,9-10H2,1-2H3. The van der Waals surface area contributed by atoms with Crippen LogP contribution < -0.4 is 19.5 Å². The third-order valence-corrected chi connectivity index (χ3v) is 3.98. The minimum atomic E-state index is 0.529. The molecule has 2 rings (SSSR count). The molecule has 0 saturated heterocycles. The zero-order valence-corrected chi connectivity index (χ0v) is 15.3. The van der Waals surface area contributed by atoms with Gasteiger partial charge in [-0.3, -0.25) is 0 Å². The summed E-state index contributed by atoms with van der Waals surface area (Å²) in [7, 11) is 3.29. The predicted molar refractivity (Wildman–Crippen MR) is 99.2 cm³/mol. The zero-order chi connectivity index (χ0) is 17.4. The molecule has 0 aliphatic heterocycles. The first-order valence-electron chi connectivity index (χ1n) is 7.68. The van der Waals surface area contributed by atoms with Crippen molar-refractivity contribution >= 4 is 28.9 Å². The van der Waals surface area contributed by atoms with Gasteiger partial charge < -0.3 is 19.5 Å². The molecule has 0 fully saturated rings. The fraction of sp³-hybridized carbons (Fsp3) is 0.333. The SMILES string of the molecule is COc1ccc(OC)c(NCCCCOc2ccc(Cl)cc2Cl)c1. The van der Waals surface area contributed by atoms with E-state index >= 15 is 0 Å². The van der Waals surface area contributed by atoms with Gasteiger partial charge in [0.25, 0.3) is 0 Å². The van der Waals surface area contributed by atoms with Gasteiger partial charge in [-0.05, 0) is 43.2 Å². The second-order valence-corrected chi connectivity index (χ2v) is 5.97. The van der Waals surface area contributed by atoms with Crippen molar-refractivity contribution in [1.82, 2.24) is 0 Å². The molecule has 4 nitrogen and oxygen atoms in total. The van der Waals surface area contributed by atoms with Gasteiger partial charge in [0.1, 0.15) is 17.2 Å². The molecule has 0 atom stereocenters. The van der Waals surface area contributed by atoms with Crippen molar-refractivity contribution in [1.29, 1.82) is 0 Å². The van der Waals surface area contributed by atoms with Crippen LogP contribution in [0.15, 0.2) is 36.4 Å². The van der Waals surface area contributed by atoms with E-state index in [4.69, 9.17) is 37.4 Å². The van der Waals surface area contributed by atoms with Gasteiger partial charge >= 0.3 is 0 Å². The maximum Gasteiger partial charge on any atom is 0.142 e. The van der Waals surface area contributed by atoms with Crippen LogP contribution >= 0.6 is 23.2 Å². The first-order chi connectivity index (χ1) is 11.6. The molecule has 2 aromatic carbocycles. The summed E-state index contributed by atoms with van der Waals surface area (Å²) in [5.74, 6) is 2.24. The lowest BCUT2D eigenvalue weighted by Crippen LogP contribution is -2.06. The summed E-state index contributed by atoms with van der Waals surface area (Å²) < 4.78 is 16.2. The van der Waals surface area contributed by atoms with Gasteiger partial charge in [0.2, 0.25) is 0 Å². The van der Waals surface area contributed by atoms with Crippen molar-refractivity contribution in [3.05, 3.63) is 46.4 Å². The molecular weight excluding hydrogens is 349 g/mol. The first-order valence-corrected chi connectivity index (χ1v) is 8.43. The Kier molecular flexibility index (Phi) is 7.35. The van der Waals surface area contributed by atoms with Gasteiger partial charge in [0.05, 0.1) is 31.5 Å². The van der Waals surface area contributed by atoms with Crippen LogP contribution in [0.5, 0.6) is 17.2 Å². The summed E-state index contributed by atoms with van der Waals surface area (Å²) in [5, 5.41) is 4.48. The molecule has 2 aromatic rings. The number of unbranched alkanes of at least 4 members (excludes halogenated alkanes) is 1. The quantitative estimate of drug-likeness (QED) is 0.610. The number of anilines is 1. The molecule has 0 amide bonds. The van der Waals surface area contributed by atoms with Crippen molar-refractivity contribution in [2.75, 3.05) is 32.7 Å². The largest absolute Gasteiger partial charge is 0.497 e. The Labute approximate surface area is 152 Å². The molecule has 6 heteroatoms. The summed E-state index contributed by atoms with van der Waals surface area (Å²) in [4.78, 5) is 0. The fourth-order valence-corrected chi connectivity index (χ4v) is 2.64. The van der Waals surface area contributed by atoms with E-state index < -0.39 is 0 Å². The monoisotopic (exact) mass is 369 g/mol. The summed E-state index contributed by atoms with van der Waals surface area (Å²) in [6, 6.07) is 10.9. The number of hydrogen-bond acceptors (Lipinski definition) is 4. The minimum absolute atomic E-state index is 0.529. The molecule has 0 spiro atoms. The van der Waals surface area contributed by atoms with Crippen LogP contribution in [0.3, 0.4) is 0 Å². The van der Waals surface area contributed by atoms with Gasteiger partial charge in [0.15, 0.2) is 0 Å². The fourth-order valence-electron chi connectivity index (χ4n) is 2.18. The Hall–Kier alpha value is -1.78. The van der Waals surface area contributed by atoms with Gasteiger partial charge in [0, 0.05) is 17.6 Å². The van der Waals surface area contributed by atoms with Crippen LogP contribution in [0.2, 0.25) is 10.0 Å². The van der Waals surface area contributed by atoms with Gasteiger partial charge in [-0.25, -0.2) is 0 Å². The maximum atomic E-state index is 6.06. The summed E-state index contributed by atoms with van der Waals surface area (Å²) in [6.45, 7) is 1.40. The van der Waals surface area contributed by atoms with Crippen LogP contribution in [0, 0.1) is 0 Å². The molecule has 0 bridgehead atoms. The number of benzene rings is 2. The number of nitrogens with one attached hydrogen (secondary N) is 1. The van der Waals surface area contributed by atoms with E-state index in [0.717, 1.165) is 36.6 Å². The van der Waals surface area contributed by atoms with E-state index in [2.05, 4.69) is 5.32 Å². The molecular formula is C18H21Cl2NO3. The highest BCUT2D eigenvalue weighted by Crippen LogP contribution is 2.29. The third-order valence-electron chi connectivity index (χ3n) is 3.44. The second kappa shape index (κ2) is 9.50. The molecule has 0 saturated carbocycles. The summed E-state index contributed by atoms with van der Waals surface area (Å²) in [5.41, 5.74) is 0.915. The van der Waals surface area contributed by atoms with Crippen LogP contribution in [0.25, 0.3) is 0 Å². The van der Waals surface area contributed by atoms with Crippen LogP contribution in [0.1, 0.15) is 12.8 Å². The molecule has 1 N–H and O–H groups in total. The Morgan fingerprint density at radius 1 is 0.917 bits per heavy atom. The smallest absolute Gasteiger partial charge is 0.142 e. The lowest BCUT2D eigenvalue weighted by molar-refractivity contribution is 0.308. The Balaban J connectivity index is 1.73. The number of hydrogen-bond donors (Lipinski definition) is 1. The highest BCUT2D eigenvalue weighted by atomic mass is 35.5. The number of halogens is 2. The van der Waals surface area contributed by atoms with E-state index in [9.17, 15) is 0 Å². The maximum absolute atomic E-state index is 6.06. The van der Waals surface area contributed by atoms with Crippen LogP contribution in [-0.4, -0.2) is 27.4 Å². The highest BCUT2D eigenvalue weighted by molar-refractivity contribution is 6.35. The Morgan fingerprint density at radius 3 is 2.42 bits per heavy atom. The average Bonchev–Trinajstić information content (AvgIpc) is 2.59. The molecule has 0 aliphatic carbocycles. The molecule has 0 aromatic heterocycles. The second-order valence-electron chi connectivity index (χ2n) is 5.12. The van der Waals surface area contributed by atoms with Crippen molar-refractivity contribution in [3.63, 3.8) is 0 Å². The zero-order valence-electron chi connectivity index (χ0n) is 13.8. The van der Waals surface area contributed by atoms with Crippen molar-refractivity contribution in [2.24, 2.45) is 0 Å². The molecule has 0 unspecified atom stereocenters. The average molecular weight is 370 g/mol. The van der Waals surface area contributed by atoms with E-state index in [-0.39, 0.29) is 0 Å². The van der Waals surface area contributed by atoms with Gasteiger partial charge in [-0.2, -0.15) is 0 Å². The highest BCUT2D eigenvalue weighted by Gasteiger charge is 2.05. The Bertz CT molecular complexity index is 665. The first kappa shape index (κ1) is 18.6. The van der Waals surface area contributed by atoms with Crippen molar-refractivity contribution < 1.29 is 14.2 Å². The topological polar surface area (TPSA) is 39.7 Å². The number of ether oxygens (including phenoxy) is 3. The van der Waals surface area contributed by atoms with E-state index in [1.165, 1.54) is 0 Å². The number of methoxy groups -OCH3 is 2. The predicted octanol–water partition coefficient (Wildman–Crippen LogP) is 5.28. The van der Waals surface area contributed by atoms with Crippen LogP contribution in [0.4, 0.5) is 5.69 Å². The van der Waals surface area contributed by atoms with E-state index in [1.807, 2.05) is 18.2 Å². The molecule has 0 aliphatic rings. The van der Waals surface area contributed by atoms with Gasteiger partial charge in [-0.15, -0.1) is 0 Å². The summed E-state index contributed by atoms with van der Waals surface area (Å²) in [6.07, 6.45) is 1.85. The normalized spacial score (nSPS) is 10.3. The lowest BCUT2D eigenvalue weighted by Gasteiger charge is -2.13. The third kappa shape index (κ3) is 5.39. The lowest BCUT2D eigenvalue weighted by atomic mass is 10.2. The van der Waals surface area contributed by atoms with Crippen LogP contribution in [-0.2, 0) is 0 Å². The van der Waals surface area contributed by atoms with Crippen molar-refractivity contribution in [2.45, 2.75) is 12.8 Å². The van der Waals surface area contributed by atoms with E-state index in [1.54, 1.807) is 32.4 Å². The van der Waals surface area contributed by atoms with E-state index in [0.29, 0.717) is 22.4 Å².